The molecule has 0 saturated carbocycles. The standard InChI is InChI=1S/C14H28O4Si/c1-7-16-13-9-8-11(12(10-15)17-13)18-19(5,6)14(2,3)4/h8-9,11-13,15H,7,10H2,1-6H3/t11-,12+,13-/m0/s1. The van der Waals surface area contributed by atoms with Crippen molar-refractivity contribution in [1.29, 1.82) is 0 Å². The summed E-state index contributed by atoms with van der Waals surface area (Å²) in [6.07, 6.45) is 2.92. The molecular formula is C14H28O4Si. The van der Waals surface area contributed by atoms with E-state index in [-0.39, 0.29) is 30.1 Å². The summed E-state index contributed by atoms with van der Waals surface area (Å²) in [4.78, 5) is 0. The van der Waals surface area contributed by atoms with Gasteiger partial charge in [0.05, 0.1) is 12.7 Å². The number of hydrogen-bond donors (Lipinski definition) is 1. The molecule has 112 valence electrons. The van der Waals surface area contributed by atoms with E-state index in [4.69, 9.17) is 13.9 Å². The Bertz CT molecular complexity index is 309. The molecule has 1 N–H and O–H groups in total. The van der Waals surface area contributed by atoms with Gasteiger partial charge in [0, 0.05) is 6.61 Å². The first-order valence-corrected chi connectivity index (χ1v) is 9.86. The minimum Gasteiger partial charge on any atom is -0.408 e. The second-order valence-corrected chi connectivity index (χ2v) is 11.2. The minimum absolute atomic E-state index is 0.0623. The first-order valence-electron chi connectivity index (χ1n) is 6.95. The summed E-state index contributed by atoms with van der Waals surface area (Å²) >= 11 is 0. The zero-order valence-electron chi connectivity index (χ0n) is 13.0. The molecule has 0 aromatic carbocycles. The Morgan fingerprint density at radius 3 is 2.37 bits per heavy atom. The average Bonchev–Trinajstić information content (AvgIpc) is 2.29. The lowest BCUT2D eigenvalue weighted by Gasteiger charge is -2.41. The lowest BCUT2D eigenvalue weighted by molar-refractivity contribution is -0.175. The van der Waals surface area contributed by atoms with Crippen LogP contribution in [-0.2, 0) is 13.9 Å². The molecule has 4 nitrogen and oxygen atoms in total. The van der Waals surface area contributed by atoms with Gasteiger partial charge in [-0.3, -0.25) is 0 Å². The second kappa shape index (κ2) is 6.50. The van der Waals surface area contributed by atoms with Crippen LogP contribution in [0.25, 0.3) is 0 Å². The molecule has 1 aliphatic heterocycles. The van der Waals surface area contributed by atoms with Crippen LogP contribution in [-0.4, -0.2) is 45.1 Å². The first-order chi connectivity index (χ1) is 8.71. The molecule has 1 aliphatic rings. The summed E-state index contributed by atoms with van der Waals surface area (Å²) < 4.78 is 17.4. The Morgan fingerprint density at radius 1 is 1.26 bits per heavy atom. The van der Waals surface area contributed by atoms with Crippen LogP contribution >= 0.6 is 0 Å². The van der Waals surface area contributed by atoms with E-state index >= 15 is 0 Å². The molecule has 19 heavy (non-hydrogen) atoms. The van der Waals surface area contributed by atoms with Gasteiger partial charge >= 0.3 is 0 Å². The molecule has 0 spiro atoms. The average molecular weight is 288 g/mol. The maximum absolute atomic E-state index is 9.47. The molecule has 3 atom stereocenters. The van der Waals surface area contributed by atoms with E-state index in [0.29, 0.717) is 6.61 Å². The van der Waals surface area contributed by atoms with Crippen LogP contribution in [0.4, 0.5) is 0 Å². The monoisotopic (exact) mass is 288 g/mol. The number of aliphatic hydroxyl groups excluding tert-OH is 1. The molecule has 1 rings (SSSR count). The van der Waals surface area contributed by atoms with Crippen molar-refractivity contribution in [2.75, 3.05) is 13.2 Å². The predicted molar refractivity (Wildman–Crippen MR) is 78.6 cm³/mol. The molecule has 0 fully saturated rings. The highest BCUT2D eigenvalue weighted by Gasteiger charge is 2.41. The van der Waals surface area contributed by atoms with E-state index in [1.807, 2.05) is 19.1 Å². The van der Waals surface area contributed by atoms with Gasteiger partial charge in [-0.15, -0.1) is 0 Å². The molecule has 0 aromatic heterocycles. The Kier molecular flexibility index (Phi) is 5.76. The highest BCUT2D eigenvalue weighted by atomic mass is 28.4. The Hall–Kier alpha value is -0.203. The number of aliphatic hydroxyl groups is 1. The van der Waals surface area contributed by atoms with Gasteiger partial charge in [-0.2, -0.15) is 0 Å². The zero-order valence-corrected chi connectivity index (χ0v) is 14.0. The SMILES string of the molecule is CCO[C@@H]1C=C[C@H](O[Si](C)(C)C(C)(C)C)[C@@H](CO)O1. The summed E-state index contributed by atoms with van der Waals surface area (Å²) in [5.41, 5.74) is 0. The minimum atomic E-state index is -1.87. The zero-order chi connectivity index (χ0) is 14.7. The summed E-state index contributed by atoms with van der Waals surface area (Å²) in [5.74, 6) is 0. The summed E-state index contributed by atoms with van der Waals surface area (Å²) in [7, 11) is -1.87. The van der Waals surface area contributed by atoms with Gasteiger partial charge in [0.25, 0.3) is 0 Å². The van der Waals surface area contributed by atoms with E-state index in [9.17, 15) is 5.11 Å². The molecule has 1 heterocycles. The lowest BCUT2D eigenvalue weighted by atomic mass is 10.1. The van der Waals surface area contributed by atoms with E-state index in [1.54, 1.807) is 0 Å². The van der Waals surface area contributed by atoms with E-state index < -0.39 is 8.32 Å². The predicted octanol–water partition coefficient (Wildman–Crippen LogP) is 2.69. The number of ether oxygens (including phenoxy) is 2. The van der Waals surface area contributed by atoms with Crippen molar-refractivity contribution in [3.63, 3.8) is 0 Å². The fourth-order valence-electron chi connectivity index (χ4n) is 1.66. The van der Waals surface area contributed by atoms with Crippen LogP contribution in [0, 0.1) is 0 Å². The molecule has 0 aromatic rings. The largest absolute Gasteiger partial charge is 0.408 e. The lowest BCUT2D eigenvalue weighted by Crippen LogP contribution is -2.49. The van der Waals surface area contributed by atoms with Crippen molar-refractivity contribution in [1.82, 2.24) is 0 Å². The maximum Gasteiger partial charge on any atom is 0.193 e. The molecule has 0 saturated heterocycles. The third-order valence-electron chi connectivity index (χ3n) is 3.88. The fraction of sp³-hybridized carbons (Fsp3) is 0.857. The molecule has 0 unspecified atom stereocenters. The Labute approximate surface area is 117 Å². The highest BCUT2D eigenvalue weighted by Crippen LogP contribution is 2.38. The van der Waals surface area contributed by atoms with Crippen LogP contribution in [0.5, 0.6) is 0 Å². The summed E-state index contributed by atoms with van der Waals surface area (Å²) in [6, 6.07) is 0. The molecule has 5 heteroatoms. The van der Waals surface area contributed by atoms with Crippen molar-refractivity contribution < 1.29 is 19.0 Å². The highest BCUT2D eigenvalue weighted by molar-refractivity contribution is 6.74. The molecule has 0 aliphatic carbocycles. The number of hydrogen-bond acceptors (Lipinski definition) is 4. The van der Waals surface area contributed by atoms with Crippen LogP contribution in [0.2, 0.25) is 18.1 Å². The van der Waals surface area contributed by atoms with Crippen molar-refractivity contribution in [3.8, 4) is 0 Å². The van der Waals surface area contributed by atoms with Gasteiger partial charge < -0.3 is 19.0 Å². The maximum atomic E-state index is 9.47. The van der Waals surface area contributed by atoms with Gasteiger partial charge in [0.15, 0.2) is 14.6 Å². The van der Waals surface area contributed by atoms with Crippen LogP contribution in [0.15, 0.2) is 12.2 Å². The quantitative estimate of drug-likeness (QED) is 0.624. The number of rotatable bonds is 5. The van der Waals surface area contributed by atoms with Crippen LogP contribution in [0.1, 0.15) is 27.7 Å². The summed E-state index contributed by atoms with van der Waals surface area (Å²) in [6.45, 7) is 13.4. The van der Waals surface area contributed by atoms with Gasteiger partial charge in [0.2, 0.25) is 0 Å². The fourth-order valence-corrected chi connectivity index (χ4v) is 2.92. The molecule has 0 bridgehead atoms. The van der Waals surface area contributed by atoms with Gasteiger partial charge in [0.1, 0.15) is 6.10 Å². The van der Waals surface area contributed by atoms with E-state index in [2.05, 4.69) is 33.9 Å². The van der Waals surface area contributed by atoms with Crippen molar-refractivity contribution in [2.24, 2.45) is 0 Å². The smallest absolute Gasteiger partial charge is 0.193 e. The third kappa shape index (κ3) is 4.39. The molecular weight excluding hydrogens is 260 g/mol. The van der Waals surface area contributed by atoms with Gasteiger partial charge in [-0.1, -0.05) is 26.8 Å². The van der Waals surface area contributed by atoms with Crippen LogP contribution < -0.4 is 0 Å². The van der Waals surface area contributed by atoms with Crippen molar-refractivity contribution >= 4 is 8.32 Å². The first kappa shape index (κ1) is 16.9. The van der Waals surface area contributed by atoms with Gasteiger partial charge in [-0.05, 0) is 31.1 Å². The van der Waals surface area contributed by atoms with Crippen molar-refractivity contribution in [2.45, 2.75) is 64.3 Å². The van der Waals surface area contributed by atoms with Crippen molar-refractivity contribution in [3.05, 3.63) is 12.2 Å². The Balaban J connectivity index is 2.75. The van der Waals surface area contributed by atoms with E-state index in [1.165, 1.54) is 0 Å². The normalized spacial score (nSPS) is 28.7. The topological polar surface area (TPSA) is 47.9 Å². The molecule has 0 radical (unpaired) electrons. The third-order valence-corrected chi connectivity index (χ3v) is 8.35. The molecule has 0 amide bonds. The van der Waals surface area contributed by atoms with E-state index in [0.717, 1.165) is 0 Å². The van der Waals surface area contributed by atoms with Crippen LogP contribution in [0.3, 0.4) is 0 Å². The summed E-state index contributed by atoms with van der Waals surface area (Å²) in [5, 5.41) is 9.60. The van der Waals surface area contributed by atoms with Gasteiger partial charge in [-0.25, -0.2) is 0 Å². The Morgan fingerprint density at radius 2 is 1.89 bits per heavy atom. The second-order valence-electron chi connectivity index (χ2n) is 6.41.